The summed E-state index contributed by atoms with van der Waals surface area (Å²) in [5, 5.41) is 87.2. The second-order valence-corrected chi connectivity index (χ2v) is 22.5. The summed E-state index contributed by atoms with van der Waals surface area (Å²) in [7, 11) is 0. The fourth-order valence-electron chi connectivity index (χ4n) is 9.73. The van der Waals surface area contributed by atoms with Crippen molar-refractivity contribution in [3.05, 3.63) is 146 Å². The minimum atomic E-state index is -1.80. The number of hydrogen-bond donors (Lipinski definition) is 9. The van der Waals surface area contributed by atoms with Crippen molar-refractivity contribution in [2.75, 3.05) is 19.8 Å². The van der Waals surface area contributed by atoms with E-state index in [0.717, 1.165) is 128 Å². The zero-order valence-corrected chi connectivity index (χ0v) is 52.7. The fraction of sp³-hybridized carbons (Fsp3) is 0.653. The van der Waals surface area contributed by atoms with Crippen molar-refractivity contribution in [3.63, 3.8) is 0 Å². The van der Waals surface area contributed by atoms with Crippen LogP contribution in [0.1, 0.15) is 206 Å². The van der Waals surface area contributed by atoms with Crippen molar-refractivity contribution < 1.29 is 64.6 Å². The van der Waals surface area contributed by atoms with Crippen molar-refractivity contribution in [1.82, 2.24) is 5.32 Å². The van der Waals surface area contributed by atoms with Crippen LogP contribution in [0.5, 0.6) is 0 Å². The molecule has 86 heavy (non-hydrogen) atoms. The van der Waals surface area contributed by atoms with Crippen LogP contribution < -0.4 is 5.32 Å². The molecular formula is C72H117NO13. The summed E-state index contributed by atoms with van der Waals surface area (Å²) in [4.78, 5) is 13.3. The third-order valence-corrected chi connectivity index (χ3v) is 15.0. The first-order valence-electron chi connectivity index (χ1n) is 33.1. The number of aliphatic hydroxyl groups is 8. The van der Waals surface area contributed by atoms with E-state index in [1.807, 2.05) is 6.08 Å². The van der Waals surface area contributed by atoms with E-state index in [0.29, 0.717) is 12.8 Å². The Morgan fingerprint density at radius 2 is 0.814 bits per heavy atom. The van der Waals surface area contributed by atoms with Crippen LogP contribution in [0.15, 0.2) is 146 Å². The maximum absolute atomic E-state index is 13.3. The number of unbranched alkanes of at least 4 members (excludes halogenated alkanes) is 16. The Morgan fingerprint density at radius 1 is 0.430 bits per heavy atom. The van der Waals surface area contributed by atoms with E-state index in [1.165, 1.54) is 44.9 Å². The molecule has 0 saturated carbocycles. The van der Waals surface area contributed by atoms with E-state index in [1.54, 1.807) is 6.08 Å². The Hall–Kier alpha value is -4.13. The highest BCUT2D eigenvalue weighted by Crippen LogP contribution is 2.30. The molecule has 2 aliphatic heterocycles. The summed E-state index contributed by atoms with van der Waals surface area (Å²) < 4.78 is 22.8. The van der Waals surface area contributed by atoms with Gasteiger partial charge in [0, 0.05) is 6.42 Å². The highest BCUT2D eigenvalue weighted by Gasteiger charge is 2.51. The molecule has 2 aliphatic rings. The summed E-state index contributed by atoms with van der Waals surface area (Å²) in [6.45, 7) is 2.63. The standard InChI is InChI=1S/C72H117NO13/c1-3-5-7-9-11-13-15-17-19-21-22-23-24-25-26-27-28-29-30-31-32-33-34-35-36-37-38-40-42-44-46-48-50-52-54-56-64(77)73-60(61(76)55-53-51-49-47-45-43-41-39-20-18-16-14-12-10-8-6-4-2)59-83-71-69(82)67(80)70(63(58-75)85-71)86-72-68(81)66(79)65(78)62(57-74)84-72/h5,7,11,13,17,19-20,22-23,25-26,28-29,31-32,34-35,37-39,45,47,53,55,60-63,65-72,74-76,78-82H,3-4,6,8-10,12,14-16,18,21,24,27,30,33,36,40-44,46,48-52,54,56-59H2,1-2H3,(H,73,77)/b7-5-,13-11-,19-17-,23-22-,26-25-,29-28-,32-31-,35-34-,38-37-,39-20+,47-45+,55-53+. The summed E-state index contributed by atoms with van der Waals surface area (Å²) in [6, 6.07) is -0.955. The predicted octanol–water partition coefficient (Wildman–Crippen LogP) is 12.9. The van der Waals surface area contributed by atoms with Gasteiger partial charge in [0.25, 0.3) is 0 Å². The second kappa shape index (κ2) is 55.0. The maximum Gasteiger partial charge on any atom is 0.220 e. The van der Waals surface area contributed by atoms with E-state index in [2.05, 4.69) is 153 Å². The largest absolute Gasteiger partial charge is 0.394 e. The summed E-state index contributed by atoms with van der Waals surface area (Å²) in [6.07, 6.45) is 66.0. The lowest BCUT2D eigenvalue weighted by Gasteiger charge is -2.46. The molecule has 12 atom stereocenters. The van der Waals surface area contributed by atoms with Crippen LogP contribution in [0.3, 0.4) is 0 Å². The molecule has 0 aromatic heterocycles. The quantitative estimate of drug-likeness (QED) is 0.0204. The van der Waals surface area contributed by atoms with Crippen molar-refractivity contribution in [2.24, 2.45) is 0 Å². The molecule has 9 N–H and O–H groups in total. The highest BCUT2D eigenvalue weighted by molar-refractivity contribution is 5.76. The van der Waals surface area contributed by atoms with Gasteiger partial charge in [-0.15, -0.1) is 0 Å². The molecule has 0 aromatic carbocycles. The second-order valence-electron chi connectivity index (χ2n) is 22.5. The van der Waals surface area contributed by atoms with E-state index in [9.17, 15) is 45.6 Å². The molecule has 1 amide bonds. The molecule has 2 rings (SSSR count). The van der Waals surface area contributed by atoms with Crippen LogP contribution in [0.25, 0.3) is 0 Å². The minimum Gasteiger partial charge on any atom is -0.394 e. The van der Waals surface area contributed by atoms with Gasteiger partial charge in [0.15, 0.2) is 12.6 Å². The Balaban J connectivity index is 1.71. The number of ether oxygens (including phenoxy) is 4. The average molecular weight is 1200 g/mol. The Bertz CT molecular complexity index is 2000. The van der Waals surface area contributed by atoms with Gasteiger partial charge in [-0.2, -0.15) is 0 Å². The first-order valence-corrected chi connectivity index (χ1v) is 33.1. The molecule has 0 spiro atoms. The van der Waals surface area contributed by atoms with Gasteiger partial charge in [-0.25, -0.2) is 0 Å². The first kappa shape index (κ1) is 78.0. The Morgan fingerprint density at radius 3 is 1.28 bits per heavy atom. The van der Waals surface area contributed by atoms with Gasteiger partial charge >= 0.3 is 0 Å². The average Bonchev–Trinajstić information content (AvgIpc) is 2.46. The molecule has 0 aromatic rings. The highest BCUT2D eigenvalue weighted by atomic mass is 16.7. The van der Waals surface area contributed by atoms with Crippen molar-refractivity contribution in [3.8, 4) is 0 Å². The smallest absolute Gasteiger partial charge is 0.220 e. The molecular weight excluding hydrogens is 1090 g/mol. The minimum absolute atomic E-state index is 0.247. The number of allylic oxidation sites excluding steroid dienone is 23. The van der Waals surface area contributed by atoms with Gasteiger partial charge in [-0.05, 0) is 116 Å². The number of hydrogen-bond acceptors (Lipinski definition) is 13. The summed E-state index contributed by atoms with van der Waals surface area (Å²) >= 11 is 0. The molecule has 0 bridgehead atoms. The monoisotopic (exact) mass is 1200 g/mol. The van der Waals surface area contributed by atoms with Gasteiger partial charge in [-0.1, -0.05) is 230 Å². The third-order valence-electron chi connectivity index (χ3n) is 15.0. The Labute approximate surface area is 519 Å². The molecule has 2 fully saturated rings. The molecule has 12 unspecified atom stereocenters. The summed E-state index contributed by atoms with van der Waals surface area (Å²) in [5.41, 5.74) is 0. The third kappa shape index (κ3) is 39.0. The van der Waals surface area contributed by atoms with Crippen LogP contribution in [0, 0.1) is 0 Å². The number of rotatable bonds is 51. The van der Waals surface area contributed by atoms with Gasteiger partial charge in [-0.3, -0.25) is 4.79 Å². The van der Waals surface area contributed by atoms with E-state index < -0.39 is 86.8 Å². The first-order chi connectivity index (χ1) is 42.1. The number of aliphatic hydroxyl groups excluding tert-OH is 8. The zero-order chi connectivity index (χ0) is 62.3. The Kier molecular flexibility index (Phi) is 49.8. The molecule has 488 valence electrons. The summed E-state index contributed by atoms with van der Waals surface area (Å²) in [5.74, 6) is -0.272. The number of carbonyl (C=O) groups excluding carboxylic acids is 1. The number of carbonyl (C=O) groups is 1. The van der Waals surface area contributed by atoms with Crippen LogP contribution >= 0.6 is 0 Å². The molecule has 2 saturated heterocycles. The fourth-order valence-corrected chi connectivity index (χ4v) is 9.73. The van der Waals surface area contributed by atoms with Crippen molar-refractivity contribution in [2.45, 2.75) is 280 Å². The molecule has 0 radical (unpaired) electrons. The van der Waals surface area contributed by atoms with Gasteiger partial charge in [0.2, 0.25) is 5.91 Å². The topological polar surface area (TPSA) is 228 Å². The van der Waals surface area contributed by atoms with Crippen LogP contribution in [0.2, 0.25) is 0 Å². The van der Waals surface area contributed by atoms with Gasteiger partial charge in [0.05, 0.1) is 32.0 Å². The predicted molar refractivity (Wildman–Crippen MR) is 350 cm³/mol. The maximum atomic E-state index is 13.3. The molecule has 14 nitrogen and oxygen atoms in total. The van der Waals surface area contributed by atoms with Crippen molar-refractivity contribution in [1.29, 1.82) is 0 Å². The number of nitrogens with one attached hydrogen (secondary N) is 1. The lowest BCUT2D eigenvalue weighted by atomic mass is 9.97. The molecule has 14 heteroatoms. The van der Waals surface area contributed by atoms with E-state index in [-0.39, 0.29) is 18.9 Å². The van der Waals surface area contributed by atoms with Crippen LogP contribution in [0.4, 0.5) is 0 Å². The molecule has 0 aliphatic carbocycles. The normalized spacial score (nSPS) is 24.4. The van der Waals surface area contributed by atoms with Crippen LogP contribution in [-0.2, 0) is 23.7 Å². The van der Waals surface area contributed by atoms with Crippen LogP contribution in [-0.4, -0.2) is 140 Å². The van der Waals surface area contributed by atoms with Crippen molar-refractivity contribution >= 4 is 5.91 Å². The lowest BCUT2D eigenvalue weighted by Crippen LogP contribution is -2.65. The van der Waals surface area contributed by atoms with E-state index in [4.69, 9.17) is 18.9 Å². The van der Waals surface area contributed by atoms with E-state index >= 15 is 0 Å². The number of amides is 1. The van der Waals surface area contributed by atoms with Gasteiger partial charge in [0.1, 0.15) is 48.8 Å². The zero-order valence-electron chi connectivity index (χ0n) is 52.7. The SMILES string of the molecule is CC/C=C\C/C=C\C/C=C\C/C=C\C/C=C\C/C=C\C/C=C\C/C=C\C/C=C\CCCCCCCCCC(=O)NC(COC1OC(CO)C(OC2OC(CO)C(O)C(O)C2O)C(O)C1O)C(O)/C=C/CC/C=C/CC/C=C/CCCCCCCCC. The van der Waals surface area contributed by atoms with Gasteiger partial charge < -0.3 is 65.1 Å². The molecule has 2 heterocycles. The lowest BCUT2D eigenvalue weighted by molar-refractivity contribution is -0.359.